The number of aromatic nitrogens is 2. The van der Waals surface area contributed by atoms with E-state index in [1.165, 1.54) is 22.0 Å². The van der Waals surface area contributed by atoms with Crippen molar-refractivity contribution >= 4 is 17.7 Å². The number of aliphatic carboxylic acids is 1. The lowest BCUT2D eigenvalue weighted by molar-refractivity contribution is -0.137. The molecule has 0 aromatic carbocycles. The number of carbonyl (C=O) groups excluding carboxylic acids is 1. The van der Waals surface area contributed by atoms with E-state index >= 15 is 0 Å². The predicted molar refractivity (Wildman–Crippen MR) is 61.1 cm³/mol. The summed E-state index contributed by atoms with van der Waals surface area (Å²) in [6.07, 6.45) is 2.93. The Bertz CT molecular complexity index is 458. The first-order chi connectivity index (χ1) is 8.54. The van der Waals surface area contributed by atoms with E-state index < -0.39 is 12.1 Å². The number of β-amino-alcohol motifs (C(OH)–C–C–N with tert-alkyl or cyclic N) is 1. The van der Waals surface area contributed by atoms with Crippen LogP contribution in [0, 0.1) is 0 Å². The fourth-order valence-corrected chi connectivity index (χ4v) is 1.78. The smallest absolute Gasteiger partial charge is 0.325 e. The van der Waals surface area contributed by atoms with E-state index in [2.05, 4.69) is 10.4 Å². The fourth-order valence-electron chi connectivity index (χ4n) is 1.78. The van der Waals surface area contributed by atoms with Gasteiger partial charge in [0.15, 0.2) is 0 Å². The highest BCUT2D eigenvalue weighted by atomic mass is 16.4. The van der Waals surface area contributed by atoms with E-state index in [4.69, 9.17) is 5.11 Å². The molecule has 0 radical (unpaired) electrons. The first-order valence-electron chi connectivity index (χ1n) is 5.53. The van der Waals surface area contributed by atoms with E-state index in [1.54, 1.807) is 0 Å². The summed E-state index contributed by atoms with van der Waals surface area (Å²) < 4.78 is 1.22. The van der Waals surface area contributed by atoms with Crippen LogP contribution in [0.15, 0.2) is 12.4 Å². The zero-order chi connectivity index (χ0) is 13.1. The van der Waals surface area contributed by atoms with Gasteiger partial charge in [0.05, 0.1) is 18.0 Å². The molecule has 3 N–H and O–H groups in total. The van der Waals surface area contributed by atoms with Crippen LogP contribution in [-0.4, -0.2) is 56.1 Å². The molecule has 2 rings (SSSR count). The Labute approximate surface area is 103 Å². The summed E-state index contributed by atoms with van der Waals surface area (Å²) in [6.45, 7) is 0.573. The van der Waals surface area contributed by atoms with Crippen molar-refractivity contribution in [3.05, 3.63) is 12.4 Å². The second-order valence-corrected chi connectivity index (χ2v) is 4.14. The summed E-state index contributed by atoms with van der Waals surface area (Å²) in [5.41, 5.74) is 0.433. The molecule has 1 aromatic heterocycles. The lowest BCUT2D eigenvalue weighted by Crippen LogP contribution is -2.33. The molecule has 0 saturated carbocycles. The van der Waals surface area contributed by atoms with Crippen LogP contribution in [0.25, 0.3) is 0 Å². The number of aliphatic hydroxyl groups is 1. The van der Waals surface area contributed by atoms with E-state index in [0.29, 0.717) is 25.2 Å². The van der Waals surface area contributed by atoms with Gasteiger partial charge in [0.1, 0.15) is 6.54 Å². The number of nitrogens with one attached hydrogen (secondary N) is 1. The zero-order valence-electron chi connectivity index (χ0n) is 9.61. The number of nitrogens with zero attached hydrogens (tertiary/aromatic N) is 3. The van der Waals surface area contributed by atoms with E-state index in [-0.39, 0.29) is 12.6 Å². The van der Waals surface area contributed by atoms with Gasteiger partial charge >= 0.3 is 12.0 Å². The molecule has 1 aliphatic rings. The molecule has 1 saturated heterocycles. The van der Waals surface area contributed by atoms with Crippen molar-refractivity contribution in [1.82, 2.24) is 14.7 Å². The number of carboxylic acids is 1. The number of rotatable bonds is 3. The van der Waals surface area contributed by atoms with Crippen LogP contribution in [0.1, 0.15) is 6.42 Å². The zero-order valence-corrected chi connectivity index (χ0v) is 9.61. The third-order valence-electron chi connectivity index (χ3n) is 2.63. The highest BCUT2D eigenvalue weighted by molar-refractivity contribution is 5.89. The van der Waals surface area contributed by atoms with Gasteiger partial charge in [-0.15, -0.1) is 0 Å². The minimum absolute atomic E-state index is 0.252. The van der Waals surface area contributed by atoms with Crippen LogP contribution < -0.4 is 5.32 Å². The van der Waals surface area contributed by atoms with Crippen LogP contribution in [-0.2, 0) is 11.3 Å². The molecule has 0 spiro atoms. The van der Waals surface area contributed by atoms with Gasteiger partial charge < -0.3 is 20.4 Å². The fraction of sp³-hybridized carbons (Fsp3) is 0.500. The number of hydrogen-bond donors (Lipinski definition) is 3. The summed E-state index contributed by atoms with van der Waals surface area (Å²) in [5.74, 6) is -1.00. The number of aliphatic hydroxyl groups excluding tert-OH is 1. The topological polar surface area (TPSA) is 108 Å². The number of likely N-dealkylation sites (tertiary alicyclic amines) is 1. The van der Waals surface area contributed by atoms with Gasteiger partial charge in [-0.3, -0.25) is 9.48 Å². The minimum atomic E-state index is -1.00. The second-order valence-electron chi connectivity index (χ2n) is 4.14. The van der Waals surface area contributed by atoms with Crippen molar-refractivity contribution < 1.29 is 19.8 Å². The SMILES string of the molecule is O=C(O)Cn1cc(NC(=O)N2CCC(O)C2)cn1. The number of anilines is 1. The van der Waals surface area contributed by atoms with Crippen LogP contribution in [0.3, 0.4) is 0 Å². The summed E-state index contributed by atoms with van der Waals surface area (Å²) in [7, 11) is 0. The minimum Gasteiger partial charge on any atom is -0.480 e. The summed E-state index contributed by atoms with van der Waals surface area (Å²) >= 11 is 0. The van der Waals surface area contributed by atoms with Crippen molar-refractivity contribution in [2.24, 2.45) is 0 Å². The highest BCUT2D eigenvalue weighted by Crippen LogP contribution is 2.12. The largest absolute Gasteiger partial charge is 0.480 e. The summed E-state index contributed by atoms with van der Waals surface area (Å²) in [5, 5.41) is 24.3. The Kier molecular flexibility index (Phi) is 3.47. The maximum absolute atomic E-state index is 11.7. The number of amides is 2. The Hall–Kier alpha value is -2.09. The maximum atomic E-state index is 11.7. The van der Waals surface area contributed by atoms with Crippen LogP contribution >= 0.6 is 0 Å². The van der Waals surface area contributed by atoms with Crippen LogP contribution in [0.2, 0.25) is 0 Å². The van der Waals surface area contributed by atoms with Crippen molar-refractivity contribution in [2.45, 2.75) is 19.1 Å². The van der Waals surface area contributed by atoms with Gasteiger partial charge in [0, 0.05) is 19.3 Å². The van der Waals surface area contributed by atoms with Gasteiger partial charge in [-0.1, -0.05) is 0 Å². The van der Waals surface area contributed by atoms with E-state index in [1.807, 2.05) is 0 Å². The molecule has 2 amide bonds. The Morgan fingerprint density at radius 3 is 2.94 bits per heavy atom. The Balaban J connectivity index is 1.91. The molecule has 18 heavy (non-hydrogen) atoms. The van der Waals surface area contributed by atoms with Crippen molar-refractivity contribution in [3.8, 4) is 0 Å². The highest BCUT2D eigenvalue weighted by Gasteiger charge is 2.24. The molecule has 8 heteroatoms. The number of urea groups is 1. The first-order valence-corrected chi connectivity index (χ1v) is 5.53. The quantitative estimate of drug-likeness (QED) is 0.678. The van der Waals surface area contributed by atoms with Crippen molar-refractivity contribution in [1.29, 1.82) is 0 Å². The predicted octanol–water partition coefficient (Wildman–Crippen LogP) is -0.434. The van der Waals surface area contributed by atoms with Gasteiger partial charge in [0.25, 0.3) is 0 Å². The molecule has 1 aliphatic heterocycles. The Morgan fingerprint density at radius 1 is 1.56 bits per heavy atom. The maximum Gasteiger partial charge on any atom is 0.325 e. The molecule has 98 valence electrons. The number of hydrogen-bond acceptors (Lipinski definition) is 4. The van der Waals surface area contributed by atoms with Crippen molar-refractivity contribution in [2.75, 3.05) is 18.4 Å². The lowest BCUT2D eigenvalue weighted by Gasteiger charge is -2.15. The molecule has 1 atom stereocenters. The van der Waals surface area contributed by atoms with E-state index in [9.17, 15) is 14.7 Å². The summed E-state index contributed by atoms with van der Waals surface area (Å²) in [6, 6.07) is -0.318. The van der Waals surface area contributed by atoms with Crippen LogP contribution in [0.4, 0.5) is 10.5 Å². The molecule has 8 nitrogen and oxygen atoms in total. The number of carboxylic acid groups (broad SMARTS) is 1. The molecule has 1 aromatic rings. The van der Waals surface area contributed by atoms with Gasteiger partial charge in [-0.05, 0) is 6.42 Å². The van der Waals surface area contributed by atoms with Gasteiger partial charge in [-0.2, -0.15) is 5.10 Å². The van der Waals surface area contributed by atoms with Crippen LogP contribution in [0.5, 0.6) is 0 Å². The lowest BCUT2D eigenvalue weighted by atomic mass is 10.3. The number of carbonyl (C=O) groups is 2. The molecule has 1 unspecified atom stereocenters. The second kappa shape index (κ2) is 5.05. The van der Waals surface area contributed by atoms with E-state index in [0.717, 1.165) is 0 Å². The average molecular weight is 254 g/mol. The molecular weight excluding hydrogens is 240 g/mol. The first kappa shape index (κ1) is 12.4. The molecule has 2 heterocycles. The molecule has 0 bridgehead atoms. The third-order valence-corrected chi connectivity index (χ3v) is 2.63. The van der Waals surface area contributed by atoms with Gasteiger partial charge in [0.2, 0.25) is 0 Å². The molecule has 1 fully saturated rings. The normalized spacial score (nSPS) is 18.9. The standard InChI is InChI=1S/C10H14N4O4/c15-8-1-2-13(5-8)10(18)12-7-3-11-14(4-7)6-9(16)17/h3-4,8,15H,1-2,5-6H2,(H,12,18)(H,16,17). The van der Waals surface area contributed by atoms with Gasteiger partial charge in [-0.25, -0.2) is 4.79 Å². The van der Waals surface area contributed by atoms with Crippen molar-refractivity contribution in [3.63, 3.8) is 0 Å². The molecule has 0 aliphatic carbocycles. The third kappa shape index (κ3) is 2.98. The monoisotopic (exact) mass is 254 g/mol. The summed E-state index contributed by atoms with van der Waals surface area (Å²) in [4.78, 5) is 23.7. The molecular formula is C10H14N4O4. The average Bonchev–Trinajstić information content (AvgIpc) is 2.87. The Morgan fingerprint density at radius 2 is 2.33 bits per heavy atom.